The maximum atomic E-state index is 12.8. The molecule has 14 heteroatoms. The molecule has 0 saturated carbocycles. The SMILES string of the molecule is C#C[C@H](O)C(COP(=S)(NC(C(=O)OC(C)C)C(C)C)Oc1ccccc1)OC(CO)n1ccc(=O)[nH]c1=O. The smallest absolute Gasteiger partial charge is 0.330 e. The second kappa shape index (κ2) is 15.1. The van der Waals surface area contributed by atoms with E-state index in [2.05, 4.69) is 16.0 Å². The minimum absolute atomic E-state index is 0.268. The van der Waals surface area contributed by atoms with Crippen LogP contribution in [0.4, 0.5) is 0 Å². The van der Waals surface area contributed by atoms with Crippen molar-refractivity contribution in [3.63, 3.8) is 0 Å². The van der Waals surface area contributed by atoms with E-state index in [0.29, 0.717) is 5.75 Å². The Bertz CT molecular complexity index is 1280. The number of H-pyrrole nitrogens is 1. The molecule has 4 N–H and O–H groups in total. The topological polar surface area (TPSA) is 161 Å². The number of esters is 1. The second-order valence-corrected chi connectivity index (χ2v) is 12.1. The number of hydrogen-bond acceptors (Lipinski definition) is 10. The first-order valence-electron chi connectivity index (χ1n) is 12.1. The van der Waals surface area contributed by atoms with Crippen molar-refractivity contribution in [2.75, 3.05) is 13.2 Å². The first-order valence-corrected chi connectivity index (χ1v) is 14.7. The van der Waals surface area contributed by atoms with Crippen LogP contribution in [0.15, 0.2) is 52.2 Å². The van der Waals surface area contributed by atoms with E-state index in [1.807, 2.05) is 0 Å². The fraction of sp³-hybridized carbons (Fsp3) is 0.480. The average Bonchev–Trinajstić information content (AvgIpc) is 2.87. The molecule has 5 atom stereocenters. The van der Waals surface area contributed by atoms with Gasteiger partial charge in [-0.05, 0) is 43.7 Å². The van der Waals surface area contributed by atoms with Crippen LogP contribution in [-0.2, 0) is 30.6 Å². The molecule has 1 aromatic heterocycles. The summed E-state index contributed by atoms with van der Waals surface area (Å²) in [6.45, 7) is 2.32. The van der Waals surface area contributed by atoms with Gasteiger partial charge in [-0.25, -0.2) is 9.88 Å². The molecule has 2 aromatic rings. The number of terminal acetylenes is 1. The molecule has 39 heavy (non-hydrogen) atoms. The largest absolute Gasteiger partial charge is 0.462 e. The zero-order chi connectivity index (χ0) is 29.2. The van der Waals surface area contributed by atoms with Crippen LogP contribution in [0.1, 0.15) is 33.9 Å². The summed E-state index contributed by atoms with van der Waals surface area (Å²) in [6.07, 6.45) is 1.96. The highest BCUT2D eigenvalue weighted by Gasteiger charge is 2.35. The number of carbonyl (C=O) groups excluding carboxylic acids is 1. The van der Waals surface area contributed by atoms with Crippen molar-refractivity contribution >= 4 is 24.4 Å². The number of rotatable bonds is 15. The van der Waals surface area contributed by atoms with Crippen molar-refractivity contribution in [2.24, 2.45) is 5.92 Å². The molecule has 12 nitrogen and oxygen atoms in total. The first kappa shape index (κ1) is 32.4. The number of nitrogens with zero attached hydrogens (tertiary/aromatic N) is 1. The highest BCUT2D eigenvalue weighted by molar-refractivity contribution is 8.09. The number of aliphatic hydroxyl groups is 2. The lowest BCUT2D eigenvalue weighted by molar-refractivity contribution is -0.150. The molecule has 0 aliphatic heterocycles. The fourth-order valence-electron chi connectivity index (χ4n) is 3.20. The summed E-state index contributed by atoms with van der Waals surface area (Å²) in [5.41, 5.74) is -1.49. The van der Waals surface area contributed by atoms with Gasteiger partial charge in [0.15, 0.2) is 6.23 Å². The van der Waals surface area contributed by atoms with Gasteiger partial charge in [-0.15, -0.1) is 6.42 Å². The third-order valence-electron chi connectivity index (χ3n) is 5.12. The van der Waals surface area contributed by atoms with Gasteiger partial charge in [0, 0.05) is 12.3 Å². The van der Waals surface area contributed by atoms with E-state index < -0.39 is 61.6 Å². The molecule has 0 aliphatic carbocycles. The summed E-state index contributed by atoms with van der Waals surface area (Å²) in [5, 5.41) is 23.3. The van der Waals surface area contributed by atoms with Gasteiger partial charge in [-0.3, -0.25) is 19.1 Å². The van der Waals surface area contributed by atoms with Crippen LogP contribution >= 0.6 is 6.64 Å². The molecule has 0 fully saturated rings. The Labute approximate surface area is 231 Å². The molecular weight excluding hydrogens is 549 g/mol. The minimum Gasteiger partial charge on any atom is -0.462 e. The van der Waals surface area contributed by atoms with Gasteiger partial charge in [0.05, 0.1) is 19.3 Å². The predicted molar refractivity (Wildman–Crippen MR) is 147 cm³/mol. The van der Waals surface area contributed by atoms with Crippen molar-refractivity contribution in [1.29, 1.82) is 0 Å². The van der Waals surface area contributed by atoms with Crippen molar-refractivity contribution in [3.8, 4) is 18.1 Å². The van der Waals surface area contributed by atoms with E-state index in [4.69, 9.17) is 36.8 Å². The fourth-order valence-corrected chi connectivity index (χ4v) is 5.64. The Morgan fingerprint density at radius 3 is 2.41 bits per heavy atom. The molecule has 2 rings (SSSR count). The van der Waals surface area contributed by atoms with Crippen molar-refractivity contribution < 1.29 is 33.5 Å². The van der Waals surface area contributed by atoms with Crippen LogP contribution in [0.25, 0.3) is 0 Å². The normalized spacial score (nSPS) is 16.1. The average molecular weight is 584 g/mol. The Kier molecular flexibility index (Phi) is 12.5. The standard InChI is InChI=1S/C25H34N3O9PS/c1-6-19(30)20(36-22(14-29)28-13-12-21(31)26-25(28)33)15-34-38(39,37-18-10-8-7-9-11-18)27-23(16(2)3)24(32)35-17(4)5/h1,7-13,16-17,19-20,22-23,29-30H,14-15H2,2-5H3,(H,27,39)(H,26,31,33)/t19-,20?,22?,23?,38?/m0/s1. The number of aromatic amines is 1. The molecule has 0 saturated heterocycles. The number of ether oxygens (including phenoxy) is 2. The Hall–Kier alpha value is -2.82. The second-order valence-electron chi connectivity index (χ2n) is 8.97. The summed E-state index contributed by atoms with van der Waals surface area (Å²) in [5.74, 6) is 1.66. The van der Waals surface area contributed by atoms with E-state index in [9.17, 15) is 24.6 Å². The Morgan fingerprint density at radius 2 is 1.87 bits per heavy atom. The van der Waals surface area contributed by atoms with Crippen molar-refractivity contribution in [2.45, 2.75) is 58.3 Å². The third kappa shape index (κ3) is 10.0. The molecule has 1 aromatic carbocycles. The summed E-state index contributed by atoms with van der Waals surface area (Å²) in [4.78, 5) is 38.5. The zero-order valence-electron chi connectivity index (χ0n) is 22.1. The van der Waals surface area contributed by atoms with Crippen LogP contribution in [0.5, 0.6) is 5.75 Å². The maximum Gasteiger partial charge on any atom is 0.330 e. The van der Waals surface area contributed by atoms with E-state index in [1.54, 1.807) is 58.0 Å². The van der Waals surface area contributed by atoms with Crippen LogP contribution in [0, 0.1) is 18.3 Å². The monoisotopic (exact) mass is 583 g/mol. The van der Waals surface area contributed by atoms with Gasteiger partial charge in [0.2, 0.25) is 0 Å². The highest BCUT2D eigenvalue weighted by Crippen LogP contribution is 2.46. The Morgan fingerprint density at radius 1 is 1.21 bits per heavy atom. The lowest BCUT2D eigenvalue weighted by Gasteiger charge is -2.32. The lowest BCUT2D eigenvalue weighted by Crippen LogP contribution is -2.43. The summed E-state index contributed by atoms with van der Waals surface area (Å²) >= 11 is 5.74. The molecule has 0 radical (unpaired) electrons. The predicted octanol–water partition coefficient (Wildman–Crippen LogP) is 1.29. The van der Waals surface area contributed by atoms with E-state index in [1.165, 1.54) is 0 Å². The molecule has 0 bridgehead atoms. The van der Waals surface area contributed by atoms with Gasteiger partial charge in [0.25, 0.3) is 5.56 Å². The maximum absolute atomic E-state index is 12.8. The number of benzene rings is 1. The highest BCUT2D eigenvalue weighted by atomic mass is 32.5. The molecule has 1 heterocycles. The number of nitrogens with one attached hydrogen (secondary N) is 2. The number of aliphatic hydroxyl groups excluding tert-OH is 2. The molecular formula is C25H34N3O9PS. The molecule has 0 amide bonds. The molecule has 4 unspecified atom stereocenters. The molecule has 0 spiro atoms. The Balaban J connectivity index is 2.35. The minimum atomic E-state index is -3.55. The number of hydrogen-bond donors (Lipinski definition) is 4. The van der Waals surface area contributed by atoms with Gasteiger partial charge in [-0.1, -0.05) is 38.0 Å². The van der Waals surface area contributed by atoms with Crippen LogP contribution in [-0.4, -0.2) is 63.3 Å². The van der Waals surface area contributed by atoms with Gasteiger partial charge >= 0.3 is 18.3 Å². The van der Waals surface area contributed by atoms with Gasteiger partial charge < -0.3 is 28.7 Å². The van der Waals surface area contributed by atoms with Crippen LogP contribution in [0.3, 0.4) is 0 Å². The van der Waals surface area contributed by atoms with E-state index in [-0.39, 0.29) is 12.0 Å². The van der Waals surface area contributed by atoms with Gasteiger partial charge in [0.1, 0.15) is 24.0 Å². The van der Waals surface area contributed by atoms with E-state index in [0.717, 1.165) is 16.8 Å². The zero-order valence-corrected chi connectivity index (χ0v) is 23.8. The van der Waals surface area contributed by atoms with Crippen LogP contribution in [0.2, 0.25) is 0 Å². The molecule has 0 aliphatic rings. The number of carbonyl (C=O) groups is 1. The van der Waals surface area contributed by atoms with Gasteiger partial charge in [-0.2, -0.15) is 0 Å². The quantitative estimate of drug-likeness (QED) is 0.136. The summed E-state index contributed by atoms with van der Waals surface area (Å²) in [7, 11) is 0. The number of para-hydroxylation sites is 1. The number of aromatic nitrogens is 2. The lowest BCUT2D eigenvalue weighted by atomic mass is 10.1. The third-order valence-corrected chi connectivity index (χ3v) is 7.51. The summed E-state index contributed by atoms with van der Waals surface area (Å²) in [6, 6.07) is 8.70. The van der Waals surface area contributed by atoms with Crippen LogP contribution < -0.4 is 20.9 Å². The van der Waals surface area contributed by atoms with Crippen molar-refractivity contribution in [3.05, 3.63) is 63.4 Å². The summed E-state index contributed by atoms with van der Waals surface area (Å²) < 4.78 is 24.0. The molecule has 214 valence electrons. The van der Waals surface area contributed by atoms with Crippen molar-refractivity contribution in [1.82, 2.24) is 14.6 Å². The van der Waals surface area contributed by atoms with E-state index >= 15 is 0 Å². The first-order chi connectivity index (χ1) is 18.4.